The van der Waals surface area contributed by atoms with Gasteiger partial charge in [-0.3, -0.25) is 4.79 Å². The molecule has 1 atom stereocenters. The fraction of sp³-hybridized carbons (Fsp3) is 0.353. The van der Waals surface area contributed by atoms with Crippen molar-refractivity contribution in [1.82, 2.24) is 4.90 Å². The van der Waals surface area contributed by atoms with Crippen molar-refractivity contribution in [3.8, 4) is 0 Å². The van der Waals surface area contributed by atoms with E-state index in [1.165, 1.54) is 35.2 Å². The highest BCUT2D eigenvalue weighted by Gasteiger charge is 2.33. The van der Waals surface area contributed by atoms with Crippen LogP contribution in [0.1, 0.15) is 16.5 Å². The van der Waals surface area contributed by atoms with Gasteiger partial charge in [0.2, 0.25) is 5.91 Å². The van der Waals surface area contributed by atoms with Gasteiger partial charge in [-0.15, -0.1) is 23.1 Å². The van der Waals surface area contributed by atoms with Crippen LogP contribution < -0.4 is 0 Å². The van der Waals surface area contributed by atoms with Crippen molar-refractivity contribution in [3.63, 3.8) is 0 Å². The summed E-state index contributed by atoms with van der Waals surface area (Å²) in [5.41, 5.74) is 0. The number of hydrogen-bond donors (Lipinski definition) is 0. The number of halogens is 1. The molecule has 0 radical (unpaired) electrons. The summed E-state index contributed by atoms with van der Waals surface area (Å²) in [5.74, 6) is -0.193. The average molecular weight is 400 g/mol. The zero-order valence-electron chi connectivity index (χ0n) is 13.4. The third kappa shape index (κ3) is 4.62. The second kappa shape index (κ2) is 7.88. The Morgan fingerprint density at radius 2 is 2.00 bits per heavy atom. The van der Waals surface area contributed by atoms with Gasteiger partial charge < -0.3 is 4.90 Å². The Morgan fingerprint density at radius 3 is 2.68 bits per heavy atom. The van der Waals surface area contributed by atoms with E-state index < -0.39 is 15.1 Å². The number of nitrogens with zero attached hydrogens (tertiary/aromatic N) is 1. The van der Waals surface area contributed by atoms with Gasteiger partial charge in [0.25, 0.3) is 0 Å². The largest absolute Gasteiger partial charge is 0.341 e. The lowest BCUT2D eigenvalue weighted by molar-refractivity contribution is -0.128. The Kier molecular flexibility index (Phi) is 5.81. The number of benzene rings is 1. The molecule has 8 heteroatoms. The van der Waals surface area contributed by atoms with Crippen molar-refractivity contribution in [2.45, 2.75) is 16.6 Å². The molecule has 1 fully saturated rings. The minimum Gasteiger partial charge on any atom is -0.341 e. The third-order valence-electron chi connectivity index (χ3n) is 4.13. The van der Waals surface area contributed by atoms with Crippen molar-refractivity contribution in [2.75, 3.05) is 24.6 Å². The molecule has 3 rings (SSSR count). The summed E-state index contributed by atoms with van der Waals surface area (Å²) in [6.45, 7) is 0.664. The number of thiophene rings is 1. The van der Waals surface area contributed by atoms with Gasteiger partial charge in [-0.25, -0.2) is 12.8 Å². The lowest BCUT2D eigenvalue weighted by Crippen LogP contribution is -2.34. The van der Waals surface area contributed by atoms with Crippen molar-refractivity contribution in [1.29, 1.82) is 0 Å². The maximum atomic E-state index is 12.9. The van der Waals surface area contributed by atoms with E-state index in [4.69, 9.17) is 0 Å². The molecule has 2 aromatic rings. The molecule has 0 N–H and O–H groups in total. The van der Waals surface area contributed by atoms with Crippen LogP contribution in [0.3, 0.4) is 0 Å². The Bertz CT molecular complexity index is 819. The molecule has 1 saturated heterocycles. The summed E-state index contributed by atoms with van der Waals surface area (Å²) in [7, 11) is -3.25. The summed E-state index contributed by atoms with van der Waals surface area (Å²) in [4.78, 5) is 15.7. The van der Waals surface area contributed by atoms with E-state index in [1.54, 1.807) is 17.0 Å². The van der Waals surface area contributed by atoms with Gasteiger partial charge in [0.05, 0.1) is 16.8 Å². The third-order valence-corrected chi connectivity index (χ3v) is 8.37. The second-order valence-electron chi connectivity index (χ2n) is 5.78. The van der Waals surface area contributed by atoms with E-state index in [2.05, 4.69) is 0 Å². The highest BCUT2D eigenvalue weighted by Crippen LogP contribution is 2.32. The molecule has 1 amide bonds. The summed E-state index contributed by atoms with van der Waals surface area (Å²) < 4.78 is 37.9. The molecule has 0 spiro atoms. The molecule has 1 aromatic carbocycles. The molecule has 2 heterocycles. The number of hydrogen-bond acceptors (Lipinski definition) is 5. The van der Waals surface area contributed by atoms with Crippen LogP contribution in [0, 0.1) is 5.82 Å². The first-order valence-electron chi connectivity index (χ1n) is 7.87. The molecule has 1 unspecified atom stereocenters. The summed E-state index contributed by atoms with van der Waals surface area (Å²) in [6.07, 6.45) is 0.426. The van der Waals surface area contributed by atoms with Gasteiger partial charge in [-0.1, -0.05) is 6.07 Å². The lowest BCUT2D eigenvalue weighted by Gasteiger charge is -2.19. The molecular formula is C17H18FNO3S3. The van der Waals surface area contributed by atoms with Crippen LogP contribution in [0.25, 0.3) is 0 Å². The van der Waals surface area contributed by atoms with E-state index >= 15 is 0 Å². The number of carbonyl (C=O) groups is 1. The molecule has 0 bridgehead atoms. The zero-order valence-corrected chi connectivity index (χ0v) is 15.9. The smallest absolute Gasteiger partial charge is 0.232 e. The topological polar surface area (TPSA) is 54.5 Å². The fourth-order valence-electron chi connectivity index (χ4n) is 2.75. The lowest BCUT2D eigenvalue weighted by atomic mass is 10.2. The Labute approximate surface area is 155 Å². The van der Waals surface area contributed by atoms with Crippen LogP contribution in [0.4, 0.5) is 4.39 Å². The summed E-state index contributed by atoms with van der Waals surface area (Å²) in [5, 5.41) is 1.35. The van der Waals surface area contributed by atoms with E-state index in [0.717, 1.165) is 9.77 Å². The maximum absolute atomic E-state index is 12.9. The normalized spacial score (nSPS) is 20.2. The predicted octanol–water partition coefficient (Wildman–Crippen LogP) is 3.37. The number of rotatable bonds is 4. The SMILES string of the molecule is O=C(CSc1ccc(F)cc1)N1CCC(c2cccs2)S(=O)(=O)CC1. The number of carbonyl (C=O) groups excluding carboxylic acids is 1. The maximum Gasteiger partial charge on any atom is 0.232 e. The minimum absolute atomic E-state index is 0.0114. The fourth-order valence-corrected chi connectivity index (χ4v) is 6.56. The molecule has 1 aromatic heterocycles. The monoisotopic (exact) mass is 399 g/mol. The predicted molar refractivity (Wildman–Crippen MR) is 99.2 cm³/mol. The minimum atomic E-state index is -3.25. The van der Waals surface area contributed by atoms with E-state index in [1.807, 2.05) is 17.5 Å². The van der Waals surface area contributed by atoms with Gasteiger partial charge in [0.1, 0.15) is 5.82 Å². The van der Waals surface area contributed by atoms with Crippen LogP contribution in [-0.4, -0.2) is 43.8 Å². The van der Waals surface area contributed by atoms with E-state index in [-0.39, 0.29) is 29.8 Å². The molecule has 134 valence electrons. The zero-order chi connectivity index (χ0) is 17.9. The first-order chi connectivity index (χ1) is 12.0. The molecule has 1 aliphatic rings. The Hall–Kier alpha value is -1.38. The summed E-state index contributed by atoms with van der Waals surface area (Å²) >= 11 is 2.77. The first kappa shape index (κ1) is 18.4. The molecular weight excluding hydrogens is 381 g/mol. The van der Waals surface area contributed by atoms with Crippen LogP contribution in [0.5, 0.6) is 0 Å². The van der Waals surface area contributed by atoms with Gasteiger partial charge in [-0.2, -0.15) is 0 Å². The van der Waals surface area contributed by atoms with Crippen LogP contribution in [-0.2, 0) is 14.6 Å². The highest BCUT2D eigenvalue weighted by molar-refractivity contribution is 8.00. The van der Waals surface area contributed by atoms with Gasteiger partial charge >= 0.3 is 0 Å². The van der Waals surface area contributed by atoms with Gasteiger partial charge in [0.15, 0.2) is 9.84 Å². The van der Waals surface area contributed by atoms with Crippen LogP contribution in [0.2, 0.25) is 0 Å². The molecule has 25 heavy (non-hydrogen) atoms. The van der Waals surface area contributed by atoms with Gasteiger partial charge in [0, 0.05) is 22.9 Å². The quantitative estimate of drug-likeness (QED) is 0.740. The average Bonchev–Trinajstić information content (AvgIpc) is 3.05. The molecule has 0 aliphatic carbocycles. The molecule has 4 nitrogen and oxygen atoms in total. The van der Waals surface area contributed by atoms with Crippen molar-refractivity contribution < 1.29 is 17.6 Å². The first-order valence-corrected chi connectivity index (χ1v) is 11.4. The standard InChI is InChI=1S/C17H18FNO3S3/c18-13-3-5-14(6-4-13)24-12-17(20)19-8-7-16(15-2-1-10-23-15)25(21,22)11-9-19/h1-6,10,16H,7-9,11-12H2. The van der Waals surface area contributed by atoms with Crippen molar-refractivity contribution in [2.24, 2.45) is 0 Å². The second-order valence-corrected chi connectivity index (χ2v) is 10.1. The van der Waals surface area contributed by atoms with Crippen molar-refractivity contribution >= 4 is 38.8 Å². The van der Waals surface area contributed by atoms with E-state index in [0.29, 0.717) is 13.0 Å². The number of amides is 1. The molecule has 1 aliphatic heterocycles. The Morgan fingerprint density at radius 1 is 1.24 bits per heavy atom. The molecule has 0 saturated carbocycles. The van der Waals surface area contributed by atoms with Crippen molar-refractivity contribution in [3.05, 3.63) is 52.5 Å². The van der Waals surface area contributed by atoms with Crippen LogP contribution in [0.15, 0.2) is 46.7 Å². The Balaban J connectivity index is 1.62. The highest BCUT2D eigenvalue weighted by atomic mass is 32.2. The van der Waals surface area contributed by atoms with Gasteiger partial charge in [-0.05, 0) is 42.1 Å². The summed E-state index contributed by atoms with van der Waals surface area (Å²) in [6, 6.07) is 9.67. The van der Waals surface area contributed by atoms with E-state index in [9.17, 15) is 17.6 Å². The van der Waals surface area contributed by atoms with Crippen LogP contribution >= 0.6 is 23.1 Å². The number of sulfone groups is 1. The number of thioether (sulfide) groups is 1.